The predicted molar refractivity (Wildman–Crippen MR) is 116 cm³/mol. The monoisotopic (exact) mass is 429 g/mol. The van der Waals surface area contributed by atoms with Gasteiger partial charge in [-0.1, -0.05) is 17.7 Å². The number of anilines is 1. The molecule has 1 saturated heterocycles. The lowest BCUT2D eigenvalue weighted by molar-refractivity contribution is 0.0635. The normalized spacial score (nSPS) is 16.7. The summed E-state index contributed by atoms with van der Waals surface area (Å²) >= 11 is 5.77. The topological polar surface area (TPSA) is 96.8 Å². The number of nitrogens with zero attached hydrogens (tertiary/aromatic N) is 4. The summed E-state index contributed by atoms with van der Waals surface area (Å²) in [5.74, 6) is 0.364. The molecule has 2 heterocycles. The number of hydrogen-bond donors (Lipinski definition) is 1. The fourth-order valence-electron chi connectivity index (χ4n) is 2.97. The smallest absolute Gasteiger partial charge is 0.412 e. The van der Waals surface area contributed by atoms with Crippen LogP contribution in [0, 0.1) is 5.92 Å². The Bertz CT molecular complexity index is 940. The van der Waals surface area contributed by atoms with Crippen LogP contribution in [0.3, 0.4) is 0 Å². The standard InChI is InChI=1S/C21H24ClN5O3/c1-21(2,3)30-20(29)26-17-6-4-5-15(9-17)18(28)27-8-7-14(13-27)10-23-19-24-11-16(22)12-25-19/h4-6,9-12,14H,7-8,13H2,1-3H3,(H,26,29). The third-order valence-electron chi connectivity index (χ3n) is 4.27. The van der Waals surface area contributed by atoms with Crippen molar-refractivity contribution in [2.45, 2.75) is 32.8 Å². The number of carbonyl (C=O) groups is 2. The van der Waals surface area contributed by atoms with Crippen molar-refractivity contribution in [3.8, 4) is 0 Å². The van der Waals surface area contributed by atoms with E-state index in [-0.39, 0.29) is 11.8 Å². The number of aliphatic imine (C=N–C) groups is 1. The van der Waals surface area contributed by atoms with Gasteiger partial charge in [0.1, 0.15) is 5.60 Å². The molecule has 1 aliphatic rings. The Morgan fingerprint density at radius 1 is 1.30 bits per heavy atom. The lowest BCUT2D eigenvalue weighted by Crippen LogP contribution is -2.29. The van der Waals surface area contributed by atoms with Gasteiger partial charge in [0.05, 0.1) is 17.4 Å². The second-order valence-electron chi connectivity index (χ2n) is 7.99. The number of nitrogens with one attached hydrogen (secondary N) is 1. The number of amides is 2. The molecule has 2 aromatic rings. The van der Waals surface area contributed by atoms with Gasteiger partial charge in [0.25, 0.3) is 5.91 Å². The first-order chi connectivity index (χ1) is 14.2. The Hall–Kier alpha value is -3.00. The molecule has 0 spiro atoms. The van der Waals surface area contributed by atoms with Crippen molar-refractivity contribution in [2.75, 3.05) is 18.4 Å². The molecule has 1 atom stereocenters. The lowest BCUT2D eigenvalue weighted by atomic mass is 10.1. The summed E-state index contributed by atoms with van der Waals surface area (Å²) in [5, 5.41) is 3.11. The molecule has 1 unspecified atom stereocenters. The van der Waals surface area contributed by atoms with E-state index in [0.29, 0.717) is 35.3 Å². The van der Waals surface area contributed by atoms with Gasteiger partial charge in [-0.3, -0.25) is 10.1 Å². The number of rotatable bonds is 4. The molecule has 1 N–H and O–H groups in total. The van der Waals surface area contributed by atoms with Gasteiger partial charge in [0.15, 0.2) is 0 Å². The van der Waals surface area contributed by atoms with Gasteiger partial charge in [0.2, 0.25) is 5.95 Å². The third kappa shape index (κ3) is 6.25. The minimum atomic E-state index is -0.597. The number of aromatic nitrogens is 2. The predicted octanol–water partition coefficient (Wildman–Crippen LogP) is 4.34. The number of ether oxygens (including phenoxy) is 1. The molecule has 0 radical (unpaired) electrons. The third-order valence-corrected chi connectivity index (χ3v) is 4.47. The maximum Gasteiger partial charge on any atom is 0.412 e. The van der Waals surface area contributed by atoms with Crippen LogP contribution in [0.5, 0.6) is 0 Å². The van der Waals surface area contributed by atoms with Gasteiger partial charge in [-0.15, -0.1) is 0 Å². The van der Waals surface area contributed by atoms with E-state index in [1.165, 1.54) is 12.4 Å². The zero-order valence-electron chi connectivity index (χ0n) is 17.1. The molecule has 0 saturated carbocycles. The van der Waals surface area contributed by atoms with E-state index in [4.69, 9.17) is 16.3 Å². The Kier molecular flexibility index (Phi) is 6.66. The van der Waals surface area contributed by atoms with Crippen molar-refractivity contribution in [3.63, 3.8) is 0 Å². The van der Waals surface area contributed by atoms with Crippen LogP contribution >= 0.6 is 11.6 Å². The Morgan fingerprint density at radius 3 is 2.73 bits per heavy atom. The molecule has 158 valence electrons. The Morgan fingerprint density at radius 2 is 2.03 bits per heavy atom. The number of likely N-dealkylation sites (tertiary alicyclic amines) is 1. The van der Waals surface area contributed by atoms with E-state index >= 15 is 0 Å². The van der Waals surface area contributed by atoms with Crippen molar-refractivity contribution in [1.29, 1.82) is 0 Å². The first-order valence-corrected chi connectivity index (χ1v) is 9.98. The summed E-state index contributed by atoms with van der Waals surface area (Å²) in [4.78, 5) is 38.9. The molecule has 9 heteroatoms. The Balaban J connectivity index is 1.59. The molecule has 3 rings (SSSR count). The molecular formula is C21H24ClN5O3. The fourth-order valence-corrected chi connectivity index (χ4v) is 3.07. The van der Waals surface area contributed by atoms with Crippen molar-refractivity contribution >= 4 is 41.5 Å². The van der Waals surface area contributed by atoms with Crippen molar-refractivity contribution < 1.29 is 14.3 Å². The Labute approximate surface area is 180 Å². The van der Waals surface area contributed by atoms with Crippen LogP contribution in [0.15, 0.2) is 41.7 Å². The number of benzene rings is 1. The summed E-state index contributed by atoms with van der Waals surface area (Å²) in [6.07, 6.45) is 5.00. The van der Waals surface area contributed by atoms with E-state index in [9.17, 15) is 9.59 Å². The van der Waals surface area contributed by atoms with Crippen LogP contribution in [0.25, 0.3) is 0 Å². The highest BCUT2D eigenvalue weighted by molar-refractivity contribution is 6.30. The highest BCUT2D eigenvalue weighted by Gasteiger charge is 2.26. The van der Waals surface area contributed by atoms with Gasteiger partial charge < -0.3 is 9.64 Å². The molecule has 30 heavy (non-hydrogen) atoms. The van der Waals surface area contributed by atoms with Crippen LogP contribution in [-0.4, -0.2) is 51.8 Å². The van der Waals surface area contributed by atoms with E-state index in [0.717, 1.165) is 6.42 Å². The van der Waals surface area contributed by atoms with E-state index in [1.807, 2.05) is 0 Å². The number of carbonyl (C=O) groups excluding carboxylic acids is 2. The van der Waals surface area contributed by atoms with Crippen molar-refractivity contribution in [2.24, 2.45) is 10.9 Å². The summed E-state index contributed by atoms with van der Waals surface area (Å²) in [6, 6.07) is 6.82. The van der Waals surface area contributed by atoms with Crippen LogP contribution < -0.4 is 5.32 Å². The zero-order chi connectivity index (χ0) is 21.7. The van der Waals surface area contributed by atoms with E-state index in [2.05, 4.69) is 20.3 Å². The molecule has 0 aliphatic carbocycles. The van der Waals surface area contributed by atoms with Crippen LogP contribution in [-0.2, 0) is 4.74 Å². The average molecular weight is 430 g/mol. The van der Waals surface area contributed by atoms with Gasteiger partial charge >= 0.3 is 6.09 Å². The second-order valence-corrected chi connectivity index (χ2v) is 8.42. The molecule has 2 amide bonds. The number of hydrogen-bond acceptors (Lipinski definition) is 6. The summed E-state index contributed by atoms with van der Waals surface area (Å²) in [7, 11) is 0. The maximum atomic E-state index is 12.9. The first kappa shape index (κ1) is 21.7. The van der Waals surface area contributed by atoms with Gasteiger partial charge in [-0.2, -0.15) is 0 Å². The molecule has 8 nitrogen and oxygen atoms in total. The fraction of sp³-hybridized carbons (Fsp3) is 0.381. The summed E-state index contributed by atoms with van der Waals surface area (Å²) in [5.41, 5.74) is 0.412. The average Bonchev–Trinajstić information content (AvgIpc) is 3.14. The molecule has 1 aromatic carbocycles. The van der Waals surface area contributed by atoms with Crippen LogP contribution in [0.1, 0.15) is 37.6 Å². The highest BCUT2D eigenvalue weighted by Crippen LogP contribution is 2.20. The van der Waals surface area contributed by atoms with Crippen molar-refractivity contribution in [1.82, 2.24) is 14.9 Å². The number of halogens is 1. The van der Waals surface area contributed by atoms with Crippen LogP contribution in [0.2, 0.25) is 5.02 Å². The van der Waals surface area contributed by atoms with E-state index < -0.39 is 11.7 Å². The molecule has 1 aromatic heterocycles. The van der Waals surface area contributed by atoms with Crippen LogP contribution in [0.4, 0.5) is 16.4 Å². The maximum absolute atomic E-state index is 12.9. The van der Waals surface area contributed by atoms with Gasteiger partial charge in [-0.25, -0.2) is 19.8 Å². The quantitative estimate of drug-likeness (QED) is 0.729. The largest absolute Gasteiger partial charge is 0.444 e. The first-order valence-electron chi connectivity index (χ1n) is 9.61. The molecule has 0 bridgehead atoms. The molecule has 1 aliphatic heterocycles. The minimum absolute atomic E-state index is 0.0959. The molecular weight excluding hydrogens is 406 g/mol. The SMILES string of the molecule is CC(C)(C)OC(=O)Nc1cccc(C(=O)N2CCC(C=Nc3ncc(Cl)cn3)C2)c1. The van der Waals surface area contributed by atoms with E-state index in [1.54, 1.807) is 56.2 Å². The van der Waals surface area contributed by atoms with Gasteiger partial charge in [0, 0.05) is 36.5 Å². The highest BCUT2D eigenvalue weighted by atomic mass is 35.5. The zero-order valence-corrected chi connectivity index (χ0v) is 17.9. The summed E-state index contributed by atoms with van der Waals surface area (Å²) in [6.45, 7) is 6.55. The lowest BCUT2D eigenvalue weighted by Gasteiger charge is -2.20. The van der Waals surface area contributed by atoms with Gasteiger partial charge in [-0.05, 0) is 45.4 Å². The minimum Gasteiger partial charge on any atom is -0.444 e. The molecule has 1 fully saturated rings. The second kappa shape index (κ2) is 9.21. The van der Waals surface area contributed by atoms with Crippen molar-refractivity contribution in [3.05, 3.63) is 47.2 Å². The summed E-state index contributed by atoms with van der Waals surface area (Å²) < 4.78 is 5.25.